The number of hydrogen-bond acceptors (Lipinski definition) is 4. The van der Waals surface area contributed by atoms with Crippen molar-refractivity contribution < 1.29 is 14.7 Å². The van der Waals surface area contributed by atoms with Crippen LogP contribution in [0.5, 0.6) is 0 Å². The molecule has 110 valence electrons. The molecule has 0 aliphatic heterocycles. The van der Waals surface area contributed by atoms with E-state index in [0.717, 1.165) is 5.69 Å². The van der Waals surface area contributed by atoms with Crippen molar-refractivity contribution in [1.29, 1.82) is 0 Å². The molecule has 0 saturated heterocycles. The number of carbonyl (C=O) groups is 2. The highest BCUT2D eigenvalue weighted by Crippen LogP contribution is 2.07. The molecule has 0 bridgehead atoms. The Kier molecular flexibility index (Phi) is 4.32. The average Bonchev–Trinajstić information content (AvgIpc) is 2.96. The Hall–Kier alpha value is -2.70. The molecule has 1 amide bonds. The summed E-state index contributed by atoms with van der Waals surface area (Å²) in [7, 11) is 1.54. The summed E-state index contributed by atoms with van der Waals surface area (Å²) in [5, 5.41) is 17.0. The fourth-order valence-electron chi connectivity index (χ4n) is 1.81. The number of aromatic nitrogens is 3. The van der Waals surface area contributed by atoms with Gasteiger partial charge in [-0.1, -0.05) is 25.1 Å². The van der Waals surface area contributed by atoms with Crippen LogP contribution in [0.4, 0.5) is 0 Å². The van der Waals surface area contributed by atoms with E-state index in [1.54, 1.807) is 14.0 Å². The van der Waals surface area contributed by atoms with Crippen LogP contribution in [0.15, 0.2) is 36.5 Å². The van der Waals surface area contributed by atoms with Gasteiger partial charge >= 0.3 is 5.97 Å². The standard InChI is InChI=1S/C14H16N4O3/c1-10(14(20)21)9-17(2)13(19)12-8-15-18(16-12)11-6-4-3-5-7-11/h3-8,10H,9H2,1-2H3,(H,20,21). The number of carbonyl (C=O) groups excluding carboxylic acids is 1. The number of para-hydroxylation sites is 1. The van der Waals surface area contributed by atoms with Gasteiger partial charge in [0, 0.05) is 13.6 Å². The minimum Gasteiger partial charge on any atom is -0.481 e. The minimum absolute atomic E-state index is 0.117. The van der Waals surface area contributed by atoms with Crippen LogP contribution in [0.3, 0.4) is 0 Å². The second kappa shape index (κ2) is 6.17. The van der Waals surface area contributed by atoms with Gasteiger partial charge in [0.05, 0.1) is 17.8 Å². The van der Waals surface area contributed by atoms with Gasteiger partial charge in [0.15, 0.2) is 5.69 Å². The molecule has 0 radical (unpaired) electrons. The number of carboxylic acids is 1. The van der Waals surface area contributed by atoms with Gasteiger partial charge in [0.1, 0.15) is 0 Å². The Morgan fingerprint density at radius 3 is 2.62 bits per heavy atom. The first-order valence-electron chi connectivity index (χ1n) is 6.45. The number of carboxylic acid groups (broad SMARTS) is 1. The molecule has 0 aliphatic rings. The van der Waals surface area contributed by atoms with Gasteiger partial charge in [-0.25, -0.2) is 0 Å². The lowest BCUT2D eigenvalue weighted by Crippen LogP contribution is -2.34. The Bertz CT molecular complexity index is 639. The fourth-order valence-corrected chi connectivity index (χ4v) is 1.81. The maximum absolute atomic E-state index is 12.2. The Morgan fingerprint density at radius 1 is 1.33 bits per heavy atom. The molecule has 1 atom stereocenters. The third-order valence-electron chi connectivity index (χ3n) is 3.01. The van der Waals surface area contributed by atoms with E-state index in [0.29, 0.717) is 0 Å². The number of hydrogen-bond donors (Lipinski definition) is 1. The lowest BCUT2D eigenvalue weighted by molar-refractivity contribution is -0.141. The van der Waals surface area contributed by atoms with Crippen molar-refractivity contribution in [1.82, 2.24) is 19.9 Å². The summed E-state index contributed by atoms with van der Waals surface area (Å²) in [6, 6.07) is 9.22. The molecule has 1 aromatic carbocycles. The van der Waals surface area contributed by atoms with Crippen LogP contribution in [-0.2, 0) is 4.79 Å². The third-order valence-corrected chi connectivity index (χ3v) is 3.01. The zero-order chi connectivity index (χ0) is 15.4. The molecule has 7 heteroatoms. The molecule has 0 fully saturated rings. The number of aliphatic carboxylic acids is 1. The van der Waals surface area contributed by atoms with Gasteiger partial charge in [-0.05, 0) is 12.1 Å². The highest BCUT2D eigenvalue weighted by Gasteiger charge is 2.20. The lowest BCUT2D eigenvalue weighted by atomic mass is 10.2. The van der Waals surface area contributed by atoms with Crippen molar-refractivity contribution in [3.05, 3.63) is 42.2 Å². The second-order valence-electron chi connectivity index (χ2n) is 4.78. The second-order valence-corrected chi connectivity index (χ2v) is 4.78. The number of benzene rings is 1. The van der Waals surface area contributed by atoms with E-state index in [2.05, 4.69) is 10.2 Å². The first kappa shape index (κ1) is 14.7. The topological polar surface area (TPSA) is 88.3 Å². The molecule has 0 aliphatic carbocycles. The van der Waals surface area contributed by atoms with E-state index in [4.69, 9.17) is 5.11 Å². The normalized spacial score (nSPS) is 11.9. The van der Waals surface area contributed by atoms with Crippen LogP contribution in [0.2, 0.25) is 0 Å². The van der Waals surface area contributed by atoms with E-state index in [1.165, 1.54) is 15.9 Å². The van der Waals surface area contributed by atoms with Gasteiger partial charge in [-0.15, -0.1) is 5.10 Å². The van der Waals surface area contributed by atoms with Crippen molar-refractivity contribution >= 4 is 11.9 Å². The summed E-state index contributed by atoms with van der Waals surface area (Å²) >= 11 is 0. The van der Waals surface area contributed by atoms with Crippen LogP contribution >= 0.6 is 0 Å². The summed E-state index contributed by atoms with van der Waals surface area (Å²) in [5.74, 6) is -1.93. The van der Waals surface area contributed by atoms with Crippen molar-refractivity contribution in [2.24, 2.45) is 5.92 Å². The smallest absolute Gasteiger partial charge is 0.308 e. The van der Waals surface area contributed by atoms with Crippen LogP contribution in [-0.4, -0.2) is 50.5 Å². The molecule has 1 aromatic heterocycles. The highest BCUT2D eigenvalue weighted by molar-refractivity contribution is 5.92. The molecule has 1 unspecified atom stereocenters. The first-order valence-corrected chi connectivity index (χ1v) is 6.45. The Morgan fingerprint density at radius 2 is 2.00 bits per heavy atom. The number of rotatable bonds is 5. The predicted molar refractivity (Wildman–Crippen MR) is 75.1 cm³/mol. The first-order chi connectivity index (χ1) is 9.99. The van der Waals surface area contributed by atoms with Gasteiger partial charge in [-0.3, -0.25) is 9.59 Å². The van der Waals surface area contributed by atoms with E-state index in [-0.39, 0.29) is 18.1 Å². The molecule has 21 heavy (non-hydrogen) atoms. The van der Waals surface area contributed by atoms with Gasteiger partial charge in [0.25, 0.3) is 5.91 Å². The molecule has 2 rings (SSSR count). The molecule has 1 N–H and O–H groups in total. The van der Waals surface area contributed by atoms with Crippen LogP contribution in [0, 0.1) is 5.92 Å². The minimum atomic E-state index is -0.942. The zero-order valence-corrected chi connectivity index (χ0v) is 11.8. The van der Waals surface area contributed by atoms with E-state index >= 15 is 0 Å². The maximum atomic E-state index is 12.2. The van der Waals surface area contributed by atoms with Gasteiger partial charge in [-0.2, -0.15) is 9.90 Å². The van der Waals surface area contributed by atoms with E-state index < -0.39 is 11.9 Å². The average molecular weight is 288 g/mol. The van der Waals surface area contributed by atoms with Gasteiger partial charge < -0.3 is 10.0 Å². The molecule has 0 spiro atoms. The largest absolute Gasteiger partial charge is 0.481 e. The predicted octanol–water partition coefficient (Wildman–Crippen LogP) is 1.06. The Labute approximate surface area is 121 Å². The maximum Gasteiger partial charge on any atom is 0.308 e. The summed E-state index contributed by atoms with van der Waals surface area (Å²) in [6.07, 6.45) is 1.37. The molecule has 1 heterocycles. The van der Waals surface area contributed by atoms with Crippen LogP contribution < -0.4 is 0 Å². The molecule has 0 saturated carbocycles. The summed E-state index contributed by atoms with van der Waals surface area (Å²) < 4.78 is 0. The summed E-state index contributed by atoms with van der Waals surface area (Å²) in [5.41, 5.74) is 0.928. The fraction of sp³-hybridized carbons (Fsp3) is 0.286. The van der Waals surface area contributed by atoms with E-state index in [9.17, 15) is 9.59 Å². The summed E-state index contributed by atoms with van der Waals surface area (Å²) in [6.45, 7) is 1.67. The van der Waals surface area contributed by atoms with Gasteiger partial charge in [0.2, 0.25) is 0 Å². The van der Waals surface area contributed by atoms with Crippen molar-refractivity contribution in [3.8, 4) is 5.69 Å². The van der Waals surface area contributed by atoms with E-state index in [1.807, 2.05) is 30.3 Å². The van der Waals surface area contributed by atoms with Crippen LogP contribution in [0.25, 0.3) is 5.69 Å². The zero-order valence-electron chi connectivity index (χ0n) is 11.8. The molecular weight excluding hydrogens is 272 g/mol. The molecule has 2 aromatic rings. The lowest BCUT2D eigenvalue weighted by Gasteiger charge is -2.17. The number of amides is 1. The van der Waals surface area contributed by atoms with Crippen molar-refractivity contribution in [2.45, 2.75) is 6.92 Å². The number of nitrogens with zero attached hydrogens (tertiary/aromatic N) is 4. The third kappa shape index (κ3) is 3.44. The van der Waals surface area contributed by atoms with Crippen molar-refractivity contribution in [3.63, 3.8) is 0 Å². The molecular formula is C14H16N4O3. The SMILES string of the molecule is CC(CN(C)C(=O)c1cnn(-c2ccccc2)n1)C(=O)O. The molecule has 7 nitrogen and oxygen atoms in total. The van der Waals surface area contributed by atoms with Crippen LogP contribution in [0.1, 0.15) is 17.4 Å². The summed E-state index contributed by atoms with van der Waals surface area (Å²) in [4.78, 5) is 25.7. The quantitative estimate of drug-likeness (QED) is 0.888. The Balaban J connectivity index is 2.10. The highest BCUT2D eigenvalue weighted by atomic mass is 16.4. The van der Waals surface area contributed by atoms with Crippen molar-refractivity contribution in [2.75, 3.05) is 13.6 Å². The monoisotopic (exact) mass is 288 g/mol.